The number of piperidine rings is 1. The highest BCUT2D eigenvalue weighted by Gasteiger charge is 2.21. The molecule has 0 bridgehead atoms. The first kappa shape index (κ1) is 27.1. The van der Waals surface area contributed by atoms with Crippen molar-refractivity contribution in [3.63, 3.8) is 0 Å². The van der Waals surface area contributed by atoms with Gasteiger partial charge in [0.05, 0.1) is 11.0 Å². The predicted octanol–water partition coefficient (Wildman–Crippen LogP) is 5.45. The summed E-state index contributed by atoms with van der Waals surface area (Å²) in [5, 5.41) is 4.59. The molecule has 0 amide bonds. The van der Waals surface area contributed by atoms with E-state index in [0.717, 1.165) is 71.4 Å². The van der Waals surface area contributed by atoms with E-state index in [2.05, 4.69) is 46.1 Å². The zero-order valence-electron chi connectivity index (χ0n) is 18.7. The van der Waals surface area contributed by atoms with Crippen LogP contribution in [0.3, 0.4) is 0 Å². The van der Waals surface area contributed by atoms with Crippen LogP contribution in [0.5, 0.6) is 0 Å². The third kappa shape index (κ3) is 5.35. The van der Waals surface area contributed by atoms with Gasteiger partial charge in [0.2, 0.25) is 0 Å². The summed E-state index contributed by atoms with van der Waals surface area (Å²) in [6, 6.07) is 10.5. The van der Waals surface area contributed by atoms with Crippen LogP contribution in [0.1, 0.15) is 32.0 Å². The first-order valence-corrected chi connectivity index (χ1v) is 10.9. The van der Waals surface area contributed by atoms with Gasteiger partial charge in [0.1, 0.15) is 11.3 Å². The number of nitrogens with zero attached hydrogens (tertiary/aromatic N) is 4. The molecule has 1 aliphatic heterocycles. The molecule has 178 valence electrons. The van der Waals surface area contributed by atoms with Gasteiger partial charge in [0.15, 0.2) is 5.82 Å². The number of nitrogens with two attached hydrogens (primary N) is 1. The van der Waals surface area contributed by atoms with E-state index in [-0.39, 0.29) is 37.2 Å². The van der Waals surface area contributed by atoms with Crippen molar-refractivity contribution in [3.8, 4) is 11.1 Å². The Bertz CT molecular complexity index is 1190. The third-order valence-electron chi connectivity index (χ3n) is 6.15. The highest BCUT2D eigenvalue weighted by Crippen LogP contribution is 2.33. The molecule has 3 N–H and O–H groups in total. The molecule has 1 fully saturated rings. The fraction of sp³-hybridized carbons (Fsp3) is 0.375. The Hall–Kier alpha value is -2.12. The second kappa shape index (κ2) is 11.8. The topological polar surface area (TPSA) is 81.7 Å². The van der Waals surface area contributed by atoms with E-state index in [4.69, 9.17) is 15.7 Å². The third-order valence-corrected chi connectivity index (χ3v) is 6.15. The number of hydrogen-bond acceptors (Lipinski definition) is 5. The van der Waals surface area contributed by atoms with Gasteiger partial charge in [-0.15, -0.1) is 37.2 Å². The average molecular weight is 510 g/mol. The minimum absolute atomic E-state index is 0. The van der Waals surface area contributed by atoms with E-state index < -0.39 is 0 Å². The van der Waals surface area contributed by atoms with Crippen LogP contribution in [0.4, 0.5) is 5.82 Å². The van der Waals surface area contributed by atoms with E-state index in [0.29, 0.717) is 11.7 Å². The van der Waals surface area contributed by atoms with Crippen LogP contribution in [0.15, 0.2) is 42.7 Å². The van der Waals surface area contributed by atoms with Gasteiger partial charge >= 0.3 is 0 Å². The monoisotopic (exact) mass is 508 g/mol. The number of benzene rings is 1. The standard InChI is InChI=1S/C24H28N6.3ClH/c1-2-4-21-29-22-23(30(21)15-16-8-11-26-12-9-16)19-7-6-17(13-20(19)28-24(22)25)18-5-3-10-27-14-18;;;/h3,5-7,10,13-14,16,26H,2,4,8-9,11-12,15H2,1H3,(H2,25,28);3*1H. The van der Waals surface area contributed by atoms with Crippen LogP contribution in [0, 0.1) is 5.92 Å². The van der Waals surface area contributed by atoms with E-state index in [1.165, 1.54) is 12.8 Å². The van der Waals surface area contributed by atoms with E-state index in [1.54, 1.807) is 6.20 Å². The summed E-state index contributed by atoms with van der Waals surface area (Å²) in [6.07, 6.45) is 8.09. The molecule has 4 aromatic rings. The van der Waals surface area contributed by atoms with Crippen LogP contribution < -0.4 is 11.1 Å². The van der Waals surface area contributed by atoms with E-state index in [1.807, 2.05) is 12.3 Å². The van der Waals surface area contributed by atoms with Gasteiger partial charge in [0, 0.05) is 36.3 Å². The summed E-state index contributed by atoms with van der Waals surface area (Å²) in [7, 11) is 0. The summed E-state index contributed by atoms with van der Waals surface area (Å²) >= 11 is 0. The molecule has 6 nitrogen and oxygen atoms in total. The molecule has 1 saturated heterocycles. The minimum atomic E-state index is 0. The molecule has 9 heteroatoms. The number of imidazole rings is 1. The lowest BCUT2D eigenvalue weighted by atomic mass is 9.98. The van der Waals surface area contributed by atoms with Crippen molar-refractivity contribution in [2.24, 2.45) is 5.92 Å². The van der Waals surface area contributed by atoms with Gasteiger partial charge < -0.3 is 15.6 Å². The SMILES string of the molecule is CCCc1nc2c(N)nc3cc(-c4cccnc4)ccc3c2n1CC1CCNCC1.Cl.Cl.Cl. The van der Waals surface area contributed by atoms with Crippen LogP contribution in [-0.4, -0.2) is 32.6 Å². The maximum absolute atomic E-state index is 6.41. The van der Waals surface area contributed by atoms with Crippen molar-refractivity contribution in [1.29, 1.82) is 0 Å². The predicted molar refractivity (Wildman–Crippen MR) is 144 cm³/mol. The van der Waals surface area contributed by atoms with E-state index in [9.17, 15) is 0 Å². The molecule has 3 aromatic heterocycles. The summed E-state index contributed by atoms with van der Waals surface area (Å²) in [4.78, 5) is 13.9. The second-order valence-corrected chi connectivity index (χ2v) is 8.25. The fourth-order valence-corrected chi connectivity index (χ4v) is 4.60. The Morgan fingerprint density at radius 1 is 1.06 bits per heavy atom. The summed E-state index contributed by atoms with van der Waals surface area (Å²) < 4.78 is 2.43. The molecule has 0 saturated carbocycles. The van der Waals surface area contributed by atoms with E-state index >= 15 is 0 Å². The number of pyridine rings is 2. The molecule has 0 atom stereocenters. The number of rotatable bonds is 5. The summed E-state index contributed by atoms with van der Waals surface area (Å²) in [5.74, 6) is 2.31. The maximum Gasteiger partial charge on any atom is 0.152 e. The van der Waals surface area contributed by atoms with Crippen LogP contribution in [0.2, 0.25) is 0 Å². The normalized spacial score (nSPS) is 13.8. The van der Waals surface area contributed by atoms with Crippen LogP contribution in [-0.2, 0) is 13.0 Å². The Morgan fingerprint density at radius 3 is 2.55 bits per heavy atom. The molecule has 1 aromatic carbocycles. The van der Waals surface area contributed by atoms with Crippen molar-refractivity contribution in [2.45, 2.75) is 39.2 Å². The number of nitrogen functional groups attached to an aromatic ring is 1. The van der Waals surface area contributed by atoms with Crippen molar-refractivity contribution in [3.05, 3.63) is 48.5 Å². The summed E-state index contributed by atoms with van der Waals surface area (Å²) in [5.41, 5.74) is 11.5. The number of anilines is 1. The molecule has 0 unspecified atom stereocenters. The number of hydrogen-bond donors (Lipinski definition) is 2. The number of fused-ring (bicyclic) bond motifs is 3. The largest absolute Gasteiger partial charge is 0.382 e. The first-order valence-electron chi connectivity index (χ1n) is 10.9. The molecule has 5 rings (SSSR count). The van der Waals surface area contributed by atoms with Crippen molar-refractivity contribution < 1.29 is 0 Å². The maximum atomic E-state index is 6.41. The van der Waals surface area contributed by atoms with Gasteiger partial charge in [-0.1, -0.05) is 25.1 Å². The van der Waals surface area contributed by atoms with Gasteiger partial charge in [-0.05, 0) is 56.0 Å². The molecule has 33 heavy (non-hydrogen) atoms. The smallest absolute Gasteiger partial charge is 0.152 e. The van der Waals surface area contributed by atoms with Gasteiger partial charge in [-0.3, -0.25) is 4.98 Å². The van der Waals surface area contributed by atoms with Gasteiger partial charge in [0.25, 0.3) is 0 Å². The first-order chi connectivity index (χ1) is 14.7. The van der Waals surface area contributed by atoms with Crippen molar-refractivity contribution >= 4 is 65.0 Å². The molecule has 4 heterocycles. The molecule has 1 aliphatic rings. The zero-order chi connectivity index (χ0) is 20.5. The van der Waals surface area contributed by atoms with Crippen LogP contribution >= 0.6 is 37.2 Å². The molecular weight excluding hydrogens is 479 g/mol. The molecule has 0 radical (unpaired) electrons. The lowest BCUT2D eigenvalue weighted by Crippen LogP contribution is -2.30. The molecular formula is C24H31Cl3N6. The van der Waals surface area contributed by atoms with Crippen LogP contribution in [0.25, 0.3) is 33.1 Å². The Kier molecular flexibility index (Phi) is 9.73. The minimum Gasteiger partial charge on any atom is -0.382 e. The van der Waals surface area contributed by atoms with Crippen molar-refractivity contribution in [2.75, 3.05) is 18.8 Å². The highest BCUT2D eigenvalue weighted by atomic mass is 35.5. The fourth-order valence-electron chi connectivity index (χ4n) is 4.60. The summed E-state index contributed by atoms with van der Waals surface area (Å²) in [6.45, 7) is 5.39. The number of nitrogens with one attached hydrogen (secondary N) is 1. The number of halogens is 3. The Balaban J connectivity index is 0.00000128. The van der Waals surface area contributed by atoms with Gasteiger partial charge in [-0.2, -0.15) is 0 Å². The Labute approximate surface area is 213 Å². The lowest BCUT2D eigenvalue weighted by Gasteiger charge is -2.24. The lowest BCUT2D eigenvalue weighted by molar-refractivity contribution is 0.333. The average Bonchev–Trinajstić information content (AvgIpc) is 3.14. The molecule has 0 aliphatic carbocycles. The number of aryl methyl sites for hydroxylation is 1. The second-order valence-electron chi connectivity index (χ2n) is 8.25. The molecule has 0 spiro atoms. The Morgan fingerprint density at radius 2 is 1.85 bits per heavy atom. The quantitative estimate of drug-likeness (QED) is 0.374. The van der Waals surface area contributed by atoms with Crippen molar-refractivity contribution in [1.82, 2.24) is 24.8 Å². The van der Waals surface area contributed by atoms with Gasteiger partial charge in [-0.25, -0.2) is 9.97 Å². The number of aromatic nitrogens is 4. The zero-order valence-corrected chi connectivity index (χ0v) is 21.1. The highest BCUT2D eigenvalue weighted by molar-refractivity contribution is 6.07.